The molecule has 1 aromatic rings. The van der Waals surface area contributed by atoms with Gasteiger partial charge in [-0.05, 0) is 30.9 Å². The largest absolute Gasteiger partial charge is 0.369 e. The number of aliphatic hydroxyl groups excluding tert-OH is 1. The number of halogens is 1. The van der Waals surface area contributed by atoms with Gasteiger partial charge in [0.05, 0.1) is 6.42 Å². The molecule has 4 N–H and O–H groups in total. The van der Waals surface area contributed by atoms with Crippen LogP contribution in [0.15, 0.2) is 18.2 Å². The van der Waals surface area contributed by atoms with Gasteiger partial charge in [-0.1, -0.05) is 37.8 Å². The Hall–Kier alpha value is -2.58. The summed E-state index contributed by atoms with van der Waals surface area (Å²) in [4.78, 5) is 61.6. The molecule has 3 rings (SSSR count). The van der Waals surface area contributed by atoms with Crippen LogP contribution < -0.4 is 16.0 Å². The number of hydrogen-bond acceptors (Lipinski definition) is 7. The molecule has 0 radical (unpaired) electrons. The molecule has 11 nitrogen and oxygen atoms in total. The smallest absolute Gasteiger partial charge is 0.257 e. The fourth-order valence-corrected chi connectivity index (χ4v) is 4.94. The molecular weight excluding hydrogens is 595 g/mol. The summed E-state index contributed by atoms with van der Waals surface area (Å²) >= 11 is 1.69. The minimum atomic E-state index is -1.36. The molecular formula is C25H33IN4O7. The van der Waals surface area contributed by atoms with Crippen LogP contribution in [-0.4, -0.2) is 65.3 Å². The molecule has 0 bridgehead atoms. The summed E-state index contributed by atoms with van der Waals surface area (Å²) in [5.41, 5.74) is 1.13. The minimum Gasteiger partial charge on any atom is -0.369 e. The molecule has 1 fully saturated rings. The molecule has 0 aromatic heterocycles. The molecule has 0 saturated carbocycles. The van der Waals surface area contributed by atoms with Crippen LogP contribution in [0.2, 0.25) is 0 Å². The van der Waals surface area contributed by atoms with Crippen molar-refractivity contribution in [1.29, 1.82) is 0 Å². The number of imide groups is 1. The van der Waals surface area contributed by atoms with Crippen LogP contribution in [-0.2, 0) is 28.7 Å². The van der Waals surface area contributed by atoms with Crippen molar-refractivity contribution in [3.05, 3.63) is 34.9 Å². The second kappa shape index (κ2) is 14.4. The third-order valence-electron chi connectivity index (χ3n) is 6.51. The second-order valence-corrected chi connectivity index (χ2v) is 9.81. The molecule has 37 heavy (non-hydrogen) atoms. The minimum absolute atomic E-state index is 0.00498. The van der Waals surface area contributed by atoms with E-state index in [1.807, 2.05) is 0 Å². The molecule has 2 atom stereocenters. The van der Waals surface area contributed by atoms with E-state index >= 15 is 0 Å². The molecule has 2 aliphatic rings. The molecule has 1 aromatic carbocycles. The van der Waals surface area contributed by atoms with Gasteiger partial charge in [0, 0.05) is 30.6 Å². The molecule has 2 heterocycles. The van der Waals surface area contributed by atoms with Crippen molar-refractivity contribution in [3.63, 3.8) is 0 Å². The molecule has 202 valence electrons. The number of carbonyl (C=O) groups excluding carboxylic acids is 5. The summed E-state index contributed by atoms with van der Waals surface area (Å²) in [6.07, 6.45) is 4.72. The lowest BCUT2D eigenvalue weighted by atomic mass is 9.99. The average molecular weight is 628 g/mol. The predicted octanol–water partition coefficient (Wildman–Crippen LogP) is 1.42. The van der Waals surface area contributed by atoms with Gasteiger partial charge in [-0.25, -0.2) is 0 Å². The molecule has 1 saturated heterocycles. The summed E-state index contributed by atoms with van der Waals surface area (Å²) in [5.74, 6) is -1.82. The number of nitrogens with one attached hydrogen (secondary N) is 3. The first-order valence-corrected chi connectivity index (χ1v) is 13.4. The fourth-order valence-electron chi connectivity index (χ4n) is 4.66. The maximum absolute atomic E-state index is 13.0. The molecule has 0 spiro atoms. The first-order valence-electron chi connectivity index (χ1n) is 12.6. The predicted molar refractivity (Wildman–Crippen MR) is 141 cm³/mol. The average Bonchev–Trinajstić information content (AvgIpc) is 3.11. The van der Waals surface area contributed by atoms with E-state index in [-0.39, 0.29) is 43.2 Å². The lowest BCUT2D eigenvalue weighted by Crippen LogP contribution is -2.53. The Morgan fingerprint density at radius 1 is 1.03 bits per heavy atom. The molecule has 12 heteroatoms. The van der Waals surface area contributed by atoms with E-state index in [1.54, 1.807) is 41.2 Å². The highest BCUT2D eigenvalue weighted by Crippen LogP contribution is 2.37. The fraction of sp³-hybridized carbons (Fsp3) is 0.560. The van der Waals surface area contributed by atoms with Crippen LogP contribution >= 0.6 is 23.0 Å². The van der Waals surface area contributed by atoms with Gasteiger partial charge in [0.25, 0.3) is 5.91 Å². The first-order chi connectivity index (χ1) is 17.8. The number of carbonyl (C=O) groups is 5. The van der Waals surface area contributed by atoms with Crippen LogP contribution in [0.4, 0.5) is 0 Å². The highest BCUT2D eigenvalue weighted by molar-refractivity contribution is 14.1. The van der Waals surface area contributed by atoms with Crippen LogP contribution in [0.3, 0.4) is 0 Å². The normalized spacial score (nSPS) is 19.0. The monoisotopic (exact) mass is 628 g/mol. The third kappa shape index (κ3) is 7.95. The highest BCUT2D eigenvalue weighted by Gasteiger charge is 2.45. The van der Waals surface area contributed by atoms with Gasteiger partial charge in [-0.2, -0.15) is 0 Å². The number of unbranched alkanes of at least 4 members (excludes halogenated alkanes) is 5. The number of fused-ring (bicyclic) bond motifs is 1. The Labute approximate surface area is 229 Å². The standard InChI is InChI=1S/C25H33IN4O7/c26-37-15-21(33)28-13-6-4-2-1-3-5-12-27-20(32)14-16-8-7-9-17-22(16)25(36)30(24(17)35)18-10-11-19(31)29-23(18)34/h7-9,18,25,36H,1-6,10-15H2,(H,27,32)(H,28,33)(H,29,31,34). The van der Waals surface area contributed by atoms with E-state index in [4.69, 9.17) is 3.07 Å². The van der Waals surface area contributed by atoms with Crippen molar-refractivity contribution >= 4 is 52.5 Å². The van der Waals surface area contributed by atoms with Gasteiger partial charge in [0.15, 0.2) is 6.23 Å². The van der Waals surface area contributed by atoms with Crippen molar-refractivity contribution in [3.8, 4) is 0 Å². The van der Waals surface area contributed by atoms with Crippen molar-refractivity contribution in [1.82, 2.24) is 20.9 Å². The lowest BCUT2D eigenvalue weighted by molar-refractivity contribution is -0.139. The summed E-state index contributed by atoms with van der Waals surface area (Å²) in [6, 6.07) is 3.98. The van der Waals surface area contributed by atoms with Gasteiger partial charge in [0.1, 0.15) is 35.7 Å². The van der Waals surface area contributed by atoms with Gasteiger partial charge < -0.3 is 18.8 Å². The Kier molecular flexibility index (Phi) is 11.3. The maximum Gasteiger partial charge on any atom is 0.257 e. The number of piperidine rings is 1. The Morgan fingerprint density at radius 2 is 1.68 bits per heavy atom. The Bertz CT molecular complexity index is 1020. The molecule has 5 amide bonds. The molecule has 0 aliphatic carbocycles. The van der Waals surface area contributed by atoms with E-state index in [1.165, 1.54) is 0 Å². The van der Waals surface area contributed by atoms with Gasteiger partial charge in [-0.15, -0.1) is 0 Å². The topological polar surface area (TPSA) is 154 Å². The second-order valence-electron chi connectivity index (χ2n) is 9.18. The quantitative estimate of drug-likeness (QED) is 0.138. The van der Waals surface area contributed by atoms with Gasteiger partial charge in [-0.3, -0.25) is 34.2 Å². The lowest BCUT2D eigenvalue weighted by Gasteiger charge is -2.32. The van der Waals surface area contributed by atoms with Crippen LogP contribution in [0.5, 0.6) is 0 Å². The van der Waals surface area contributed by atoms with E-state index in [0.717, 1.165) is 43.4 Å². The third-order valence-corrected chi connectivity index (χ3v) is 6.82. The van der Waals surface area contributed by atoms with E-state index in [9.17, 15) is 29.1 Å². The van der Waals surface area contributed by atoms with E-state index in [0.29, 0.717) is 24.2 Å². The SMILES string of the molecule is O=C(COI)NCCCCCCCCNC(=O)Cc1cccc2c1C(O)N(C1CCC(=O)NC1=O)C2=O. The van der Waals surface area contributed by atoms with Crippen LogP contribution in [0.25, 0.3) is 0 Å². The van der Waals surface area contributed by atoms with E-state index < -0.39 is 30.0 Å². The number of aliphatic hydroxyl groups is 1. The van der Waals surface area contributed by atoms with Crippen LogP contribution in [0.1, 0.15) is 79.1 Å². The maximum atomic E-state index is 13.0. The van der Waals surface area contributed by atoms with Gasteiger partial charge >= 0.3 is 0 Å². The van der Waals surface area contributed by atoms with Crippen molar-refractivity contribution in [2.75, 3.05) is 19.7 Å². The van der Waals surface area contributed by atoms with Crippen molar-refractivity contribution in [2.24, 2.45) is 0 Å². The number of nitrogens with zero attached hydrogens (tertiary/aromatic N) is 1. The summed E-state index contributed by atoms with van der Waals surface area (Å²) in [7, 11) is 0. The zero-order valence-corrected chi connectivity index (χ0v) is 22.8. The van der Waals surface area contributed by atoms with Crippen LogP contribution in [0, 0.1) is 0 Å². The number of hydrogen-bond donors (Lipinski definition) is 4. The number of benzene rings is 1. The van der Waals surface area contributed by atoms with Gasteiger partial charge in [0.2, 0.25) is 23.6 Å². The summed E-state index contributed by atoms with van der Waals surface area (Å²) in [5, 5.41) is 18.8. The Balaban J connectivity index is 1.39. The van der Waals surface area contributed by atoms with Crippen molar-refractivity contribution in [2.45, 2.75) is 70.1 Å². The number of rotatable bonds is 14. The number of amides is 5. The summed E-state index contributed by atoms with van der Waals surface area (Å²) in [6.45, 7) is 1.24. The Morgan fingerprint density at radius 3 is 2.32 bits per heavy atom. The van der Waals surface area contributed by atoms with Crippen molar-refractivity contribution < 1.29 is 32.1 Å². The first kappa shape index (κ1) is 29.0. The zero-order chi connectivity index (χ0) is 26.8. The van der Waals surface area contributed by atoms with E-state index in [2.05, 4.69) is 16.0 Å². The molecule has 2 aliphatic heterocycles. The molecule has 2 unspecified atom stereocenters. The zero-order valence-electron chi connectivity index (χ0n) is 20.6. The summed E-state index contributed by atoms with van der Waals surface area (Å²) < 4.78 is 4.73. The highest BCUT2D eigenvalue weighted by atomic mass is 127.